The van der Waals surface area contributed by atoms with Gasteiger partial charge >= 0.3 is 0 Å². The highest BCUT2D eigenvalue weighted by Crippen LogP contribution is 2.32. The van der Waals surface area contributed by atoms with E-state index < -0.39 is 0 Å². The summed E-state index contributed by atoms with van der Waals surface area (Å²) in [6.45, 7) is 2.54. The van der Waals surface area contributed by atoms with Crippen LogP contribution in [0.3, 0.4) is 0 Å². The van der Waals surface area contributed by atoms with Crippen molar-refractivity contribution in [2.24, 2.45) is 0 Å². The highest BCUT2D eigenvalue weighted by Gasteiger charge is 2.15. The molecule has 0 unspecified atom stereocenters. The van der Waals surface area contributed by atoms with Crippen molar-refractivity contribution in [3.63, 3.8) is 0 Å². The molecule has 0 aliphatic carbocycles. The standard InChI is InChI=1S/C17H14N2O4S/c1-10-19-12(8-24-10)13-4-5-15(23-13)17(20)18-7-11-2-3-14-16(6-11)22-9-21-14/h2-6,8H,7,9H2,1H3,(H,18,20). The molecule has 0 radical (unpaired) electrons. The first kappa shape index (κ1) is 14.8. The molecule has 0 fully saturated rings. The van der Waals surface area contributed by atoms with Crippen LogP contribution in [0.1, 0.15) is 21.1 Å². The highest BCUT2D eigenvalue weighted by atomic mass is 32.1. The fourth-order valence-corrected chi connectivity index (χ4v) is 3.00. The summed E-state index contributed by atoms with van der Waals surface area (Å²) in [5, 5.41) is 5.69. The summed E-state index contributed by atoms with van der Waals surface area (Å²) >= 11 is 1.54. The molecule has 1 amide bonds. The van der Waals surface area contributed by atoms with Gasteiger partial charge in [-0.2, -0.15) is 0 Å². The van der Waals surface area contributed by atoms with Crippen LogP contribution in [-0.4, -0.2) is 17.7 Å². The van der Waals surface area contributed by atoms with E-state index in [-0.39, 0.29) is 18.5 Å². The molecular formula is C17H14N2O4S. The second-order valence-electron chi connectivity index (χ2n) is 5.29. The lowest BCUT2D eigenvalue weighted by Gasteiger charge is -2.04. The summed E-state index contributed by atoms with van der Waals surface area (Å²) in [5.41, 5.74) is 1.67. The van der Waals surface area contributed by atoms with Gasteiger partial charge in [-0.05, 0) is 36.8 Å². The van der Waals surface area contributed by atoms with Gasteiger partial charge in [-0.1, -0.05) is 6.07 Å². The predicted molar refractivity (Wildman–Crippen MR) is 88.3 cm³/mol. The number of carbonyl (C=O) groups excluding carboxylic acids is 1. The van der Waals surface area contributed by atoms with Crippen LogP contribution in [0.5, 0.6) is 11.5 Å². The molecule has 3 aromatic rings. The Morgan fingerprint density at radius 3 is 2.96 bits per heavy atom. The van der Waals surface area contributed by atoms with E-state index in [1.807, 2.05) is 30.5 Å². The first-order valence-corrected chi connectivity index (χ1v) is 8.26. The van der Waals surface area contributed by atoms with Crippen LogP contribution in [0.15, 0.2) is 40.1 Å². The number of hydrogen-bond acceptors (Lipinski definition) is 6. The molecule has 0 spiro atoms. The minimum atomic E-state index is -0.272. The molecular weight excluding hydrogens is 328 g/mol. The van der Waals surface area contributed by atoms with Crippen molar-refractivity contribution < 1.29 is 18.7 Å². The molecule has 1 aliphatic rings. The SMILES string of the molecule is Cc1nc(-c2ccc(C(=O)NCc3ccc4c(c3)OCO4)o2)cs1. The van der Waals surface area contributed by atoms with E-state index in [1.54, 1.807) is 23.5 Å². The van der Waals surface area contributed by atoms with E-state index in [9.17, 15) is 4.79 Å². The number of carbonyl (C=O) groups is 1. The van der Waals surface area contributed by atoms with Crippen LogP contribution in [0, 0.1) is 6.92 Å². The Kier molecular flexibility index (Phi) is 3.70. The number of amides is 1. The molecule has 1 aromatic carbocycles. The summed E-state index contributed by atoms with van der Waals surface area (Å²) in [6.07, 6.45) is 0. The van der Waals surface area contributed by atoms with Gasteiger partial charge in [0.2, 0.25) is 6.79 Å². The zero-order valence-electron chi connectivity index (χ0n) is 12.9. The molecule has 0 bridgehead atoms. The average Bonchev–Trinajstić information content (AvgIpc) is 3.31. The molecule has 24 heavy (non-hydrogen) atoms. The topological polar surface area (TPSA) is 73.6 Å². The number of nitrogens with zero attached hydrogens (tertiary/aromatic N) is 1. The van der Waals surface area contributed by atoms with Crippen molar-refractivity contribution in [1.29, 1.82) is 0 Å². The van der Waals surface area contributed by atoms with Crippen molar-refractivity contribution in [3.05, 3.63) is 52.0 Å². The van der Waals surface area contributed by atoms with Gasteiger partial charge in [0.05, 0.1) is 5.01 Å². The molecule has 4 rings (SSSR count). The van der Waals surface area contributed by atoms with E-state index >= 15 is 0 Å². The van der Waals surface area contributed by atoms with Gasteiger partial charge < -0.3 is 19.2 Å². The maximum atomic E-state index is 12.2. The Balaban J connectivity index is 1.42. The van der Waals surface area contributed by atoms with Crippen LogP contribution in [0.25, 0.3) is 11.5 Å². The van der Waals surface area contributed by atoms with E-state index in [1.165, 1.54) is 0 Å². The summed E-state index contributed by atoms with van der Waals surface area (Å²) in [4.78, 5) is 16.6. The Bertz CT molecular complexity index is 900. The molecule has 122 valence electrons. The minimum absolute atomic E-state index is 0.233. The van der Waals surface area contributed by atoms with Gasteiger partial charge in [0.15, 0.2) is 23.0 Å². The normalized spacial score (nSPS) is 12.4. The maximum Gasteiger partial charge on any atom is 0.287 e. The van der Waals surface area contributed by atoms with Gasteiger partial charge in [0.25, 0.3) is 5.91 Å². The van der Waals surface area contributed by atoms with E-state index in [0.717, 1.165) is 22.0 Å². The monoisotopic (exact) mass is 342 g/mol. The Labute approximate surface area is 142 Å². The number of benzene rings is 1. The average molecular weight is 342 g/mol. The molecule has 0 saturated heterocycles. The van der Waals surface area contributed by atoms with Gasteiger partial charge in [-0.15, -0.1) is 11.3 Å². The summed E-state index contributed by atoms with van der Waals surface area (Å²) in [6, 6.07) is 8.98. The zero-order valence-corrected chi connectivity index (χ0v) is 13.7. The number of thiazole rings is 1. The Morgan fingerprint density at radius 2 is 2.12 bits per heavy atom. The largest absolute Gasteiger partial charge is 0.454 e. The van der Waals surface area contributed by atoms with E-state index in [0.29, 0.717) is 18.1 Å². The summed E-state index contributed by atoms with van der Waals surface area (Å²) < 4.78 is 16.2. The van der Waals surface area contributed by atoms with E-state index in [2.05, 4.69) is 10.3 Å². The molecule has 0 saturated carbocycles. The number of fused-ring (bicyclic) bond motifs is 1. The third-order valence-corrected chi connectivity index (χ3v) is 4.36. The lowest BCUT2D eigenvalue weighted by Crippen LogP contribution is -2.22. The first-order valence-electron chi connectivity index (χ1n) is 7.38. The van der Waals surface area contributed by atoms with Crippen LogP contribution < -0.4 is 14.8 Å². The van der Waals surface area contributed by atoms with Crippen LogP contribution >= 0.6 is 11.3 Å². The third-order valence-electron chi connectivity index (χ3n) is 3.59. The molecule has 1 aliphatic heterocycles. The highest BCUT2D eigenvalue weighted by molar-refractivity contribution is 7.09. The van der Waals surface area contributed by atoms with Gasteiger partial charge in [0, 0.05) is 11.9 Å². The van der Waals surface area contributed by atoms with Gasteiger partial charge in [0.1, 0.15) is 5.69 Å². The fraction of sp³-hybridized carbons (Fsp3) is 0.176. The van der Waals surface area contributed by atoms with Crippen LogP contribution in [0.2, 0.25) is 0 Å². The molecule has 2 aromatic heterocycles. The lowest BCUT2D eigenvalue weighted by atomic mass is 10.2. The van der Waals surface area contributed by atoms with Crippen LogP contribution in [-0.2, 0) is 6.54 Å². The van der Waals surface area contributed by atoms with E-state index in [4.69, 9.17) is 13.9 Å². The lowest BCUT2D eigenvalue weighted by molar-refractivity contribution is 0.0924. The van der Waals surface area contributed by atoms with Crippen molar-refractivity contribution in [1.82, 2.24) is 10.3 Å². The Morgan fingerprint density at radius 1 is 1.25 bits per heavy atom. The number of hydrogen-bond donors (Lipinski definition) is 1. The van der Waals surface area contributed by atoms with Crippen molar-refractivity contribution in [3.8, 4) is 23.0 Å². The van der Waals surface area contributed by atoms with Crippen molar-refractivity contribution >= 4 is 17.2 Å². The molecule has 3 heterocycles. The first-order chi connectivity index (χ1) is 11.7. The second kappa shape index (κ2) is 6.01. The van der Waals surface area contributed by atoms with Crippen molar-refractivity contribution in [2.75, 3.05) is 6.79 Å². The minimum Gasteiger partial charge on any atom is -0.454 e. The summed E-state index contributed by atoms with van der Waals surface area (Å²) in [5.74, 6) is 2.00. The van der Waals surface area contributed by atoms with Gasteiger partial charge in [-0.25, -0.2) is 4.98 Å². The third kappa shape index (κ3) is 2.85. The number of nitrogens with one attached hydrogen (secondary N) is 1. The van der Waals surface area contributed by atoms with Gasteiger partial charge in [-0.3, -0.25) is 4.79 Å². The summed E-state index contributed by atoms with van der Waals surface area (Å²) in [7, 11) is 0. The quantitative estimate of drug-likeness (QED) is 0.787. The number of ether oxygens (including phenoxy) is 2. The van der Waals surface area contributed by atoms with Crippen molar-refractivity contribution in [2.45, 2.75) is 13.5 Å². The number of rotatable bonds is 4. The molecule has 1 N–H and O–H groups in total. The smallest absolute Gasteiger partial charge is 0.287 e. The number of furan rings is 1. The number of aryl methyl sites for hydroxylation is 1. The molecule has 7 heteroatoms. The zero-order chi connectivity index (χ0) is 16.5. The van der Waals surface area contributed by atoms with Crippen LogP contribution in [0.4, 0.5) is 0 Å². The molecule has 0 atom stereocenters. The maximum absolute atomic E-state index is 12.2. The molecule has 6 nitrogen and oxygen atoms in total. The second-order valence-corrected chi connectivity index (χ2v) is 6.35. The predicted octanol–water partition coefficient (Wildman–Crippen LogP) is 3.37. The Hall–Kier alpha value is -2.80. The fourth-order valence-electron chi connectivity index (χ4n) is 2.39. The number of aromatic nitrogens is 1.